The number of ether oxygens (including phenoxy) is 1. The Bertz CT molecular complexity index is 967. The van der Waals surface area contributed by atoms with Crippen LogP contribution >= 0.6 is 0 Å². The number of nitrogens with zero attached hydrogens (tertiary/aromatic N) is 2. The summed E-state index contributed by atoms with van der Waals surface area (Å²) in [5, 5.41) is 2.98. The predicted octanol–water partition coefficient (Wildman–Crippen LogP) is 2.98. The van der Waals surface area contributed by atoms with Crippen LogP contribution in [0.3, 0.4) is 0 Å². The number of methoxy groups -OCH3 is 1. The first-order valence-corrected chi connectivity index (χ1v) is 11.9. The monoisotopic (exact) mass is 445 g/mol. The lowest BCUT2D eigenvalue weighted by Crippen LogP contribution is -2.32. The Kier molecular flexibility index (Phi) is 7.56. The molecule has 168 valence electrons. The quantitative estimate of drug-likeness (QED) is 0.676. The molecule has 1 amide bonds. The number of sulfonamides is 1. The van der Waals surface area contributed by atoms with Gasteiger partial charge in [-0.15, -0.1) is 0 Å². The highest BCUT2D eigenvalue weighted by Crippen LogP contribution is 2.24. The van der Waals surface area contributed by atoms with Gasteiger partial charge in [-0.1, -0.05) is 0 Å². The number of nitrogens with one attached hydrogen (secondary N) is 1. The number of amides is 1. The number of benzene rings is 2. The third-order valence-electron chi connectivity index (χ3n) is 5.89. The Hall–Kier alpha value is -2.58. The second-order valence-electron chi connectivity index (χ2n) is 7.99. The SMILES string of the molecule is COc1ccc(S(=O)(=O)N(C)c2ccc(C(=O)NCCC3CCN(C)CC3)cc2)cc1. The van der Waals surface area contributed by atoms with Crippen LogP contribution in [0.1, 0.15) is 29.6 Å². The van der Waals surface area contributed by atoms with Crippen molar-refractivity contribution in [2.45, 2.75) is 24.2 Å². The van der Waals surface area contributed by atoms with Gasteiger partial charge in [-0.25, -0.2) is 8.42 Å². The van der Waals surface area contributed by atoms with Gasteiger partial charge in [-0.2, -0.15) is 0 Å². The molecule has 8 heteroatoms. The maximum atomic E-state index is 12.9. The Labute approximate surface area is 185 Å². The van der Waals surface area contributed by atoms with Gasteiger partial charge in [0.25, 0.3) is 15.9 Å². The first kappa shape index (κ1) is 23.1. The van der Waals surface area contributed by atoms with Crippen LogP contribution in [-0.4, -0.2) is 60.1 Å². The average Bonchev–Trinajstić information content (AvgIpc) is 2.80. The molecule has 1 saturated heterocycles. The van der Waals surface area contributed by atoms with Gasteiger partial charge >= 0.3 is 0 Å². The van der Waals surface area contributed by atoms with E-state index < -0.39 is 10.0 Å². The van der Waals surface area contributed by atoms with Crippen molar-refractivity contribution in [3.8, 4) is 5.75 Å². The molecular weight excluding hydrogens is 414 g/mol. The highest BCUT2D eigenvalue weighted by Gasteiger charge is 2.22. The van der Waals surface area contributed by atoms with E-state index in [1.54, 1.807) is 36.4 Å². The third-order valence-corrected chi connectivity index (χ3v) is 7.69. The summed E-state index contributed by atoms with van der Waals surface area (Å²) in [6.45, 7) is 2.89. The lowest BCUT2D eigenvalue weighted by atomic mass is 9.94. The van der Waals surface area contributed by atoms with Crippen LogP contribution in [-0.2, 0) is 10.0 Å². The molecule has 2 aromatic carbocycles. The van der Waals surface area contributed by atoms with E-state index in [4.69, 9.17) is 4.74 Å². The van der Waals surface area contributed by atoms with Crippen molar-refractivity contribution in [1.82, 2.24) is 10.2 Å². The van der Waals surface area contributed by atoms with Gasteiger partial charge in [0, 0.05) is 19.2 Å². The smallest absolute Gasteiger partial charge is 0.264 e. The molecule has 0 radical (unpaired) electrons. The van der Waals surface area contributed by atoms with Crippen LogP contribution in [0.4, 0.5) is 5.69 Å². The molecule has 0 aromatic heterocycles. The number of hydrogen-bond donors (Lipinski definition) is 1. The number of anilines is 1. The van der Waals surface area contributed by atoms with Gasteiger partial charge in [0.15, 0.2) is 0 Å². The van der Waals surface area contributed by atoms with Crippen LogP contribution in [0.5, 0.6) is 5.75 Å². The fourth-order valence-electron chi connectivity index (χ4n) is 3.71. The fraction of sp³-hybridized carbons (Fsp3) is 0.435. The van der Waals surface area contributed by atoms with E-state index in [-0.39, 0.29) is 10.8 Å². The number of carbonyl (C=O) groups excluding carboxylic acids is 1. The summed E-state index contributed by atoms with van der Waals surface area (Å²) < 4.78 is 32.0. The van der Waals surface area contributed by atoms with Gasteiger partial charge in [-0.05, 0) is 93.8 Å². The molecule has 1 aliphatic heterocycles. The van der Waals surface area contributed by atoms with Gasteiger partial charge in [-0.3, -0.25) is 9.10 Å². The summed E-state index contributed by atoms with van der Waals surface area (Å²) in [5.41, 5.74) is 1.00. The summed E-state index contributed by atoms with van der Waals surface area (Å²) in [4.78, 5) is 14.9. The number of piperidine rings is 1. The zero-order chi connectivity index (χ0) is 22.4. The molecule has 1 aliphatic rings. The van der Waals surface area contributed by atoms with Gasteiger partial charge < -0.3 is 15.0 Å². The zero-order valence-corrected chi connectivity index (χ0v) is 19.2. The molecule has 3 rings (SSSR count). The molecule has 1 fully saturated rings. The molecule has 31 heavy (non-hydrogen) atoms. The molecule has 0 atom stereocenters. The van der Waals surface area contributed by atoms with Crippen LogP contribution in [0, 0.1) is 5.92 Å². The second-order valence-corrected chi connectivity index (χ2v) is 9.96. The third kappa shape index (κ3) is 5.77. The van der Waals surface area contributed by atoms with Gasteiger partial charge in [0.05, 0.1) is 17.7 Å². The topological polar surface area (TPSA) is 79.0 Å². The van der Waals surface area contributed by atoms with Crippen molar-refractivity contribution >= 4 is 21.6 Å². The van der Waals surface area contributed by atoms with E-state index in [0.717, 1.165) is 19.5 Å². The lowest BCUT2D eigenvalue weighted by molar-refractivity contribution is 0.0949. The van der Waals surface area contributed by atoms with Crippen molar-refractivity contribution < 1.29 is 17.9 Å². The molecule has 2 aromatic rings. The summed E-state index contributed by atoms with van der Waals surface area (Å²) in [5.74, 6) is 1.11. The maximum Gasteiger partial charge on any atom is 0.264 e. The van der Waals surface area contributed by atoms with E-state index in [1.165, 1.54) is 43.4 Å². The van der Waals surface area contributed by atoms with Gasteiger partial charge in [0.1, 0.15) is 5.75 Å². The zero-order valence-electron chi connectivity index (χ0n) is 18.4. The molecular formula is C23H31N3O4S. The lowest BCUT2D eigenvalue weighted by Gasteiger charge is -2.28. The molecule has 0 saturated carbocycles. The molecule has 7 nitrogen and oxygen atoms in total. The molecule has 0 unspecified atom stereocenters. The average molecular weight is 446 g/mol. The molecule has 1 heterocycles. The van der Waals surface area contributed by atoms with Crippen molar-refractivity contribution in [1.29, 1.82) is 0 Å². The van der Waals surface area contributed by atoms with E-state index in [1.807, 2.05) is 0 Å². The van der Waals surface area contributed by atoms with E-state index in [0.29, 0.717) is 29.5 Å². The van der Waals surface area contributed by atoms with Crippen molar-refractivity contribution in [3.63, 3.8) is 0 Å². The van der Waals surface area contributed by atoms with Crippen LogP contribution in [0.15, 0.2) is 53.4 Å². The van der Waals surface area contributed by atoms with Gasteiger partial charge in [0.2, 0.25) is 0 Å². The van der Waals surface area contributed by atoms with E-state index >= 15 is 0 Å². The first-order chi connectivity index (χ1) is 14.8. The summed E-state index contributed by atoms with van der Waals surface area (Å²) >= 11 is 0. The first-order valence-electron chi connectivity index (χ1n) is 10.5. The second kappa shape index (κ2) is 10.2. The number of carbonyl (C=O) groups is 1. The minimum Gasteiger partial charge on any atom is -0.497 e. The van der Waals surface area contributed by atoms with E-state index in [2.05, 4.69) is 17.3 Å². The summed E-state index contributed by atoms with van der Waals surface area (Å²) in [7, 11) is 1.46. The largest absolute Gasteiger partial charge is 0.497 e. The Balaban J connectivity index is 1.57. The van der Waals surface area contributed by atoms with Crippen LogP contribution in [0.2, 0.25) is 0 Å². The summed E-state index contributed by atoms with van der Waals surface area (Å²) in [6, 6.07) is 12.8. The molecule has 0 aliphatic carbocycles. The number of likely N-dealkylation sites (tertiary alicyclic amines) is 1. The standard InChI is InChI=1S/C23H31N3O4S/c1-25-16-13-18(14-17-25)12-15-24-23(27)19-4-6-20(7-5-19)26(2)31(28,29)22-10-8-21(30-3)9-11-22/h4-11,18H,12-17H2,1-3H3,(H,24,27). The summed E-state index contributed by atoms with van der Waals surface area (Å²) in [6.07, 6.45) is 3.34. The number of rotatable bonds is 8. The van der Waals surface area contributed by atoms with Crippen molar-refractivity contribution in [2.75, 3.05) is 45.1 Å². The highest BCUT2D eigenvalue weighted by molar-refractivity contribution is 7.92. The Morgan fingerprint density at radius 1 is 1.10 bits per heavy atom. The van der Waals surface area contributed by atoms with Crippen LogP contribution in [0.25, 0.3) is 0 Å². The number of hydrogen-bond acceptors (Lipinski definition) is 5. The molecule has 1 N–H and O–H groups in total. The fourth-order valence-corrected chi connectivity index (χ4v) is 4.91. The molecule has 0 bridgehead atoms. The Morgan fingerprint density at radius 2 is 1.71 bits per heavy atom. The maximum absolute atomic E-state index is 12.9. The van der Waals surface area contributed by atoms with Crippen molar-refractivity contribution in [3.05, 3.63) is 54.1 Å². The normalized spacial score (nSPS) is 15.5. The molecule has 0 spiro atoms. The highest BCUT2D eigenvalue weighted by atomic mass is 32.2. The predicted molar refractivity (Wildman–Crippen MR) is 122 cm³/mol. The minimum absolute atomic E-state index is 0.139. The Morgan fingerprint density at radius 3 is 2.29 bits per heavy atom. The van der Waals surface area contributed by atoms with Crippen molar-refractivity contribution in [2.24, 2.45) is 5.92 Å². The van der Waals surface area contributed by atoms with Crippen LogP contribution < -0.4 is 14.4 Å². The minimum atomic E-state index is -3.71. The van der Waals surface area contributed by atoms with E-state index in [9.17, 15) is 13.2 Å².